The molecule has 1 aliphatic heterocycles. The van der Waals surface area contributed by atoms with Gasteiger partial charge >= 0.3 is 0 Å². The molecule has 1 atom stereocenters. The van der Waals surface area contributed by atoms with Crippen molar-refractivity contribution in [1.29, 1.82) is 0 Å². The van der Waals surface area contributed by atoms with Gasteiger partial charge in [0, 0.05) is 25.2 Å². The molecular formula is C17H23N3O3. The number of hydrogen-bond acceptors (Lipinski definition) is 6. The summed E-state index contributed by atoms with van der Waals surface area (Å²) in [4.78, 5) is 6.74. The van der Waals surface area contributed by atoms with Crippen molar-refractivity contribution >= 4 is 0 Å². The quantitative estimate of drug-likeness (QED) is 0.912. The molecule has 1 aromatic heterocycles. The SMILES string of the molecule is CC(C)(O)CCN1CCO[C@@H](c2noc(-c3ccccc3)n2)C1. The normalized spacial score (nSPS) is 19.9. The summed E-state index contributed by atoms with van der Waals surface area (Å²) in [5, 5.41) is 13.9. The molecule has 0 bridgehead atoms. The lowest BCUT2D eigenvalue weighted by atomic mass is 10.1. The van der Waals surface area contributed by atoms with E-state index >= 15 is 0 Å². The van der Waals surface area contributed by atoms with Crippen molar-refractivity contribution in [2.45, 2.75) is 32.0 Å². The monoisotopic (exact) mass is 317 g/mol. The van der Waals surface area contributed by atoms with Gasteiger partial charge in [0.15, 0.2) is 0 Å². The van der Waals surface area contributed by atoms with E-state index in [-0.39, 0.29) is 6.10 Å². The Bertz CT molecular complexity index is 622. The molecule has 0 aliphatic carbocycles. The van der Waals surface area contributed by atoms with Crippen LogP contribution in [0, 0.1) is 0 Å². The third-order valence-electron chi connectivity index (χ3n) is 3.94. The van der Waals surface area contributed by atoms with Crippen molar-refractivity contribution < 1.29 is 14.4 Å². The molecule has 124 valence electrons. The number of aliphatic hydroxyl groups is 1. The van der Waals surface area contributed by atoms with E-state index in [9.17, 15) is 5.11 Å². The number of ether oxygens (including phenoxy) is 1. The predicted molar refractivity (Wildman–Crippen MR) is 85.8 cm³/mol. The first kappa shape index (κ1) is 16.1. The van der Waals surface area contributed by atoms with E-state index in [2.05, 4.69) is 15.0 Å². The minimum absolute atomic E-state index is 0.188. The Hall–Kier alpha value is -1.76. The highest BCUT2D eigenvalue weighted by atomic mass is 16.5. The summed E-state index contributed by atoms with van der Waals surface area (Å²) in [6.07, 6.45) is 0.535. The Kier molecular flexibility index (Phi) is 4.75. The molecule has 1 fully saturated rings. The second-order valence-corrected chi connectivity index (χ2v) is 6.55. The van der Waals surface area contributed by atoms with Crippen LogP contribution in [0.15, 0.2) is 34.9 Å². The first-order chi connectivity index (χ1) is 11.0. The number of morpholine rings is 1. The van der Waals surface area contributed by atoms with Gasteiger partial charge in [0.25, 0.3) is 5.89 Å². The molecule has 23 heavy (non-hydrogen) atoms. The van der Waals surface area contributed by atoms with Crippen molar-refractivity contribution in [1.82, 2.24) is 15.0 Å². The Morgan fingerprint density at radius 2 is 2.09 bits per heavy atom. The summed E-state index contributed by atoms with van der Waals surface area (Å²) in [5.74, 6) is 1.09. The zero-order valence-corrected chi connectivity index (χ0v) is 13.6. The van der Waals surface area contributed by atoms with Crippen LogP contribution in [0.2, 0.25) is 0 Å². The molecule has 1 aromatic carbocycles. The molecular weight excluding hydrogens is 294 g/mol. The molecule has 0 amide bonds. The van der Waals surface area contributed by atoms with Gasteiger partial charge in [-0.15, -0.1) is 0 Å². The molecule has 0 spiro atoms. The standard InChI is InChI=1S/C17H23N3O3/c1-17(2,21)8-9-20-10-11-22-14(12-20)15-18-16(23-19-15)13-6-4-3-5-7-13/h3-7,14,21H,8-12H2,1-2H3/t14-/m1/s1. The predicted octanol–water partition coefficient (Wildman–Crippen LogP) is 2.27. The first-order valence-corrected chi connectivity index (χ1v) is 7.97. The van der Waals surface area contributed by atoms with Crippen LogP contribution < -0.4 is 0 Å². The van der Waals surface area contributed by atoms with Gasteiger partial charge in [-0.2, -0.15) is 4.98 Å². The molecule has 2 heterocycles. The highest BCUT2D eigenvalue weighted by Gasteiger charge is 2.27. The van der Waals surface area contributed by atoms with E-state index in [1.54, 1.807) is 0 Å². The second kappa shape index (κ2) is 6.78. The van der Waals surface area contributed by atoms with Gasteiger partial charge in [-0.1, -0.05) is 23.4 Å². The topological polar surface area (TPSA) is 71.6 Å². The van der Waals surface area contributed by atoms with Gasteiger partial charge < -0.3 is 14.4 Å². The molecule has 1 aliphatic rings. The summed E-state index contributed by atoms with van der Waals surface area (Å²) in [6, 6.07) is 9.71. The van der Waals surface area contributed by atoms with E-state index in [1.807, 2.05) is 44.2 Å². The largest absolute Gasteiger partial charge is 0.390 e. The molecule has 1 N–H and O–H groups in total. The van der Waals surface area contributed by atoms with Crippen molar-refractivity contribution in [3.05, 3.63) is 36.2 Å². The lowest BCUT2D eigenvalue weighted by Crippen LogP contribution is -2.41. The number of hydrogen-bond donors (Lipinski definition) is 1. The van der Waals surface area contributed by atoms with Crippen molar-refractivity contribution in [2.24, 2.45) is 0 Å². The van der Waals surface area contributed by atoms with Crippen LogP contribution in [0.1, 0.15) is 32.2 Å². The van der Waals surface area contributed by atoms with Crippen LogP contribution in [-0.4, -0.2) is 52.0 Å². The average molecular weight is 317 g/mol. The Morgan fingerprint density at radius 3 is 2.83 bits per heavy atom. The zero-order valence-electron chi connectivity index (χ0n) is 13.6. The summed E-state index contributed by atoms with van der Waals surface area (Å²) < 4.78 is 11.1. The zero-order chi connectivity index (χ0) is 16.3. The third-order valence-corrected chi connectivity index (χ3v) is 3.94. The minimum Gasteiger partial charge on any atom is -0.390 e. The van der Waals surface area contributed by atoms with Crippen LogP contribution >= 0.6 is 0 Å². The number of aromatic nitrogens is 2. The molecule has 6 heteroatoms. The van der Waals surface area contributed by atoms with E-state index in [0.717, 1.165) is 25.1 Å². The number of nitrogens with zero attached hydrogens (tertiary/aromatic N) is 3. The Balaban J connectivity index is 1.64. The van der Waals surface area contributed by atoms with Gasteiger partial charge in [-0.3, -0.25) is 4.90 Å². The Labute approximate surface area is 136 Å². The maximum atomic E-state index is 9.86. The highest BCUT2D eigenvalue weighted by Crippen LogP contribution is 2.24. The van der Waals surface area contributed by atoms with Crippen LogP contribution in [0.25, 0.3) is 11.5 Å². The second-order valence-electron chi connectivity index (χ2n) is 6.55. The molecule has 3 rings (SSSR count). The molecule has 0 unspecified atom stereocenters. The van der Waals surface area contributed by atoms with E-state index < -0.39 is 5.60 Å². The van der Waals surface area contributed by atoms with Gasteiger partial charge in [0.1, 0.15) is 6.10 Å². The fourth-order valence-corrected chi connectivity index (χ4v) is 2.56. The van der Waals surface area contributed by atoms with Gasteiger partial charge in [0.2, 0.25) is 5.82 Å². The van der Waals surface area contributed by atoms with E-state index in [1.165, 1.54) is 0 Å². The fraction of sp³-hybridized carbons (Fsp3) is 0.529. The third kappa shape index (κ3) is 4.37. The van der Waals surface area contributed by atoms with Gasteiger partial charge in [-0.25, -0.2) is 0 Å². The molecule has 6 nitrogen and oxygen atoms in total. The maximum Gasteiger partial charge on any atom is 0.258 e. The summed E-state index contributed by atoms with van der Waals surface area (Å²) in [7, 11) is 0. The van der Waals surface area contributed by atoms with E-state index in [0.29, 0.717) is 24.9 Å². The maximum absolute atomic E-state index is 9.86. The van der Waals surface area contributed by atoms with Crippen LogP contribution in [0.4, 0.5) is 0 Å². The summed E-state index contributed by atoms with van der Waals surface area (Å²) in [5.41, 5.74) is 0.251. The Morgan fingerprint density at radius 1 is 1.30 bits per heavy atom. The van der Waals surface area contributed by atoms with Crippen molar-refractivity contribution in [3.63, 3.8) is 0 Å². The molecule has 1 saturated heterocycles. The highest BCUT2D eigenvalue weighted by molar-refractivity contribution is 5.52. The molecule has 2 aromatic rings. The molecule has 0 radical (unpaired) electrons. The first-order valence-electron chi connectivity index (χ1n) is 7.97. The summed E-state index contributed by atoms with van der Waals surface area (Å²) in [6.45, 7) is 6.69. The summed E-state index contributed by atoms with van der Waals surface area (Å²) >= 11 is 0. The average Bonchev–Trinajstić information content (AvgIpc) is 3.03. The fourth-order valence-electron chi connectivity index (χ4n) is 2.56. The van der Waals surface area contributed by atoms with Gasteiger partial charge in [0.05, 0.1) is 12.2 Å². The van der Waals surface area contributed by atoms with Crippen LogP contribution in [-0.2, 0) is 4.74 Å². The number of rotatable bonds is 5. The minimum atomic E-state index is -0.652. The van der Waals surface area contributed by atoms with Crippen LogP contribution in [0.5, 0.6) is 0 Å². The number of benzene rings is 1. The van der Waals surface area contributed by atoms with Crippen molar-refractivity contribution in [3.8, 4) is 11.5 Å². The smallest absolute Gasteiger partial charge is 0.258 e. The van der Waals surface area contributed by atoms with Gasteiger partial charge in [-0.05, 0) is 32.4 Å². The lowest BCUT2D eigenvalue weighted by Gasteiger charge is -2.32. The molecule has 0 saturated carbocycles. The van der Waals surface area contributed by atoms with Crippen LogP contribution in [0.3, 0.4) is 0 Å². The lowest BCUT2D eigenvalue weighted by molar-refractivity contribution is -0.0427. The van der Waals surface area contributed by atoms with E-state index in [4.69, 9.17) is 9.26 Å². The van der Waals surface area contributed by atoms with Crippen molar-refractivity contribution in [2.75, 3.05) is 26.2 Å².